The highest BCUT2D eigenvalue weighted by Gasteiger charge is 2.64. The summed E-state index contributed by atoms with van der Waals surface area (Å²) in [6, 6.07) is 0. The summed E-state index contributed by atoms with van der Waals surface area (Å²) in [4.78, 5) is 11.0. The van der Waals surface area contributed by atoms with Crippen LogP contribution in [0.15, 0.2) is 0 Å². The molecule has 0 spiro atoms. The minimum absolute atomic E-state index is 0.423. The van der Waals surface area contributed by atoms with Crippen LogP contribution in [0.5, 0.6) is 0 Å². The Hall–Kier alpha value is -0.880. The van der Waals surface area contributed by atoms with Crippen LogP contribution in [-0.4, -0.2) is 23.5 Å². The van der Waals surface area contributed by atoms with E-state index in [2.05, 4.69) is 0 Å². The number of carbonyl (C=O) groups excluding carboxylic acids is 1. The summed E-state index contributed by atoms with van der Waals surface area (Å²) in [6.45, 7) is 1.50. The monoisotopic (exact) mass is 259 g/mol. The van der Waals surface area contributed by atoms with Crippen LogP contribution >= 0.6 is 0 Å². The smallest absolute Gasteiger partial charge is 0.345 e. The van der Waals surface area contributed by atoms with Crippen LogP contribution in [0.25, 0.3) is 0 Å². The van der Waals surface area contributed by atoms with Crippen LogP contribution < -0.4 is 5.32 Å². The molecule has 0 aromatic carbocycles. The molecule has 0 unspecified atom stereocenters. The molecular weight excluding hydrogens is 245 g/mol. The highest BCUT2D eigenvalue weighted by atomic mass is 19.4. The largest absolute Gasteiger partial charge is 0.463 e. The van der Waals surface area contributed by atoms with Crippen LogP contribution in [0, 0.1) is 0 Å². The summed E-state index contributed by atoms with van der Waals surface area (Å²) < 4.78 is 61.3. The normalized spacial score (nSPS) is 21.1. The third-order valence-electron chi connectivity index (χ3n) is 3.01. The second-order valence-corrected chi connectivity index (χ2v) is 4.65. The Balaban J connectivity index is 2.71. The summed E-state index contributed by atoms with van der Waals surface area (Å²) in [6.07, 6.45) is -2.66. The Morgan fingerprint density at radius 1 is 1.06 bits per heavy atom. The molecule has 1 aliphatic rings. The summed E-state index contributed by atoms with van der Waals surface area (Å²) in [5.41, 5.74) is -0.954. The zero-order valence-corrected chi connectivity index (χ0v) is 9.33. The van der Waals surface area contributed by atoms with Crippen LogP contribution in [0.3, 0.4) is 0 Å². The van der Waals surface area contributed by atoms with Crippen molar-refractivity contribution in [3.05, 3.63) is 0 Å². The van der Waals surface area contributed by atoms with Gasteiger partial charge in [0, 0.05) is 5.54 Å². The molecule has 1 amide bonds. The topological polar surface area (TPSA) is 29.1 Å². The van der Waals surface area contributed by atoms with Crippen molar-refractivity contribution in [1.82, 2.24) is 5.32 Å². The molecule has 0 aromatic heterocycles. The maximum absolute atomic E-state index is 12.7. The average molecular weight is 259 g/mol. The number of carbonyl (C=O) groups is 1. The van der Waals surface area contributed by atoms with Gasteiger partial charge in [-0.15, -0.1) is 0 Å². The molecule has 0 saturated heterocycles. The Morgan fingerprint density at radius 3 is 1.94 bits per heavy atom. The van der Waals surface area contributed by atoms with Crippen LogP contribution in [0.4, 0.5) is 22.0 Å². The third kappa shape index (κ3) is 3.07. The lowest BCUT2D eigenvalue weighted by atomic mass is 9.83. The molecule has 0 bridgehead atoms. The molecule has 100 valence electrons. The van der Waals surface area contributed by atoms with Gasteiger partial charge in [0.2, 0.25) is 0 Å². The first-order valence-corrected chi connectivity index (χ1v) is 5.36. The van der Waals surface area contributed by atoms with E-state index in [1.807, 2.05) is 5.32 Å². The van der Waals surface area contributed by atoms with Gasteiger partial charge in [0.1, 0.15) is 0 Å². The summed E-state index contributed by atoms with van der Waals surface area (Å²) in [7, 11) is 0. The Bertz CT molecular complexity index is 294. The van der Waals surface area contributed by atoms with Crippen molar-refractivity contribution in [3.8, 4) is 0 Å². The molecule has 0 aromatic rings. The van der Waals surface area contributed by atoms with E-state index in [0.717, 1.165) is 6.42 Å². The van der Waals surface area contributed by atoms with Crippen LogP contribution in [0.2, 0.25) is 0 Å². The van der Waals surface area contributed by atoms with Crippen molar-refractivity contribution in [2.24, 2.45) is 0 Å². The number of halogens is 5. The van der Waals surface area contributed by atoms with E-state index in [4.69, 9.17) is 0 Å². The molecule has 1 aliphatic carbocycles. The number of hydrogen-bond acceptors (Lipinski definition) is 1. The predicted octanol–water partition coefficient (Wildman–Crippen LogP) is 3.02. The van der Waals surface area contributed by atoms with Gasteiger partial charge in [-0.2, -0.15) is 22.0 Å². The number of alkyl halides is 5. The zero-order chi connectivity index (χ0) is 13.3. The van der Waals surface area contributed by atoms with Crippen molar-refractivity contribution in [2.75, 3.05) is 0 Å². The lowest BCUT2D eigenvalue weighted by molar-refractivity contribution is -0.270. The summed E-state index contributed by atoms with van der Waals surface area (Å²) in [5.74, 6) is -7.58. The fourth-order valence-corrected chi connectivity index (χ4v) is 1.94. The molecule has 0 aliphatic heterocycles. The molecule has 1 fully saturated rings. The van der Waals surface area contributed by atoms with Gasteiger partial charge in [0.25, 0.3) is 0 Å². The highest BCUT2D eigenvalue weighted by molar-refractivity contribution is 5.85. The molecule has 1 saturated carbocycles. The average Bonchev–Trinajstić information content (AvgIpc) is 2.16. The van der Waals surface area contributed by atoms with Crippen LogP contribution in [-0.2, 0) is 4.79 Å². The molecule has 1 N–H and O–H groups in total. The maximum Gasteiger partial charge on any atom is 0.463 e. The summed E-state index contributed by atoms with van der Waals surface area (Å²) >= 11 is 0. The van der Waals surface area contributed by atoms with Gasteiger partial charge in [-0.3, -0.25) is 4.79 Å². The van der Waals surface area contributed by atoms with Gasteiger partial charge in [-0.1, -0.05) is 19.3 Å². The Morgan fingerprint density at radius 2 is 1.53 bits per heavy atom. The molecule has 17 heavy (non-hydrogen) atoms. The molecule has 0 heterocycles. The Kier molecular flexibility index (Phi) is 3.69. The van der Waals surface area contributed by atoms with Gasteiger partial charge >= 0.3 is 18.0 Å². The van der Waals surface area contributed by atoms with E-state index in [1.54, 1.807) is 0 Å². The van der Waals surface area contributed by atoms with E-state index in [9.17, 15) is 26.7 Å². The molecule has 2 nitrogen and oxygen atoms in total. The standard InChI is InChI=1S/C10H14F5NO/c1-8(5-3-2-4-6-8)16-7(17)9(11,12)10(13,14)15/h2-6H2,1H3,(H,16,17). The highest BCUT2D eigenvalue weighted by Crippen LogP contribution is 2.37. The molecule has 1 rings (SSSR count). The fourth-order valence-electron chi connectivity index (χ4n) is 1.94. The third-order valence-corrected chi connectivity index (χ3v) is 3.01. The van der Waals surface area contributed by atoms with Gasteiger partial charge < -0.3 is 5.32 Å². The van der Waals surface area contributed by atoms with Crippen molar-refractivity contribution < 1.29 is 26.7 Å². The van der Waals surface area contributed by atoms with Gasteiger partial charge in [-0.05, 0) is 19.8 Å². The second-order valence-electron chi connectivity index (χ2n) is 4.65. The van der Waals surface area contributed by atoms with Gasteiger partial charge in [0.05, 0.1) is 0 Å². The quantitative estimate of drug-likeness (QED) is 0.759. The zero-order valence-electron chi connectivity index (χ0n) is 9.33. The Labute approximate surface area is 95.6 Å². The minimum Gasteiger partial charge on any atom is -0.345 e. The first-order valence-electron chi connectivity index (χ1n) is 5.36. The number of hydrogen-bond donors (Lipinski definition) is 1. The molecule has 0 atom stereocenters. The van der Waals surface area contributed by atoms with Crippen molar-refractivity contribution in [3.63, 3.8) is 0 Å². The number of nitrogens with one attached hydrogen (secondary N) is 1. The number of rotatable bonds is 2. The van der Waals surface area contributed by atoms with Crippen molar-refractivity contribution in [1.29, 1.82) is 0 Å². The maximum atomic E-state index is 12.7. The van der Waals surface area contributed by atoms with Crippen LogP contribution in [0.1, 0.15) is 39.0 Å². The molecule has 0 radical (unpaired) electrons. The molecule has 7 heteroatoms. The van der Waals surface area contributed by atoms with E-state index in [0.29, 0.717) is 25.7 Å². The SMILES string of the molecule is CC1(NC(=O)C(F)(F)C(F)(F)F)CCCCC1. The number of amides is 1. The minimum atomic E-state index is -5.85. The fraction of sp³-hybridized carbons (Fsp3) is 0.900. The van der Waals surface area contributed by atoms with E-state index in [1.165, 1.54) is 6.92 Å². The molecular formula is C10H14F5NO. The van der Waals surface area contributed by atoms with E-state index >= 15 is 0 Å². The van der Waals surface area contributed by atoms with Crippen molar-refractivity contribution >= 4 is 5.91 Å². The lowest BCUT2D eigenvalue weighted by Gasteiger charge is -2.35. The van der Waals surface area contributed by atoms with Gasteiger partial charge in [0.15, 0.2) is 0 Å². The van der Waals surface area contributed by atoms with Gasteiger partial charge in [-0.25, -0.2) is 0 Å². The second kappa shape index (κ2) is 4.42. The first kappa shape index (κ1) is 14.2. The first-order chi connectivity index (χ1) is 7.58. The predicted molar refractivity (Wildman–Crippen MR) is 50.6 cm³/mol. The van der Waals surface area contributed by atoms with E-state index < -0.39 is 23.5 Å². The summed E-state index contributed by atoms with van der Waals surface area (Å²) in [5, 5.41) is 1.83. The lowest BCUT2D eigenvalue weighted by Crippen LogP contribution is -2.57. The van der Waals surface area contributed by atoms with E-state index in [-0.39, 0.29) is 0 Å². The van der Waals surface area contributed by atoms with Crippen molar-refractivity contribution in [2.45, 2.75) is 56.7 Å².